The zero-order chi connectivity index (χ0) is 19.5. The number of ether oxygens (including phenoxy) is 1. The fourth-order valence-corrected chi connectivity index (χ4v) is 5.33. The van der Waals surface area contributed by atoms with Gasteiger partial charge in [0.25, 0.3) is 5.91 Å². The fourth-order valence-electron chi connectivity index (χ4n) is 5.33. The molecule has 4 rings (SSSR count). The Hall–Kier alpha value is -1.40. The summed E-state index contributed by atoms with van der Waals surface area (Å²) >= 11 is 0. The summed E-state index contributed by atoms with van der Waals surface area (Å²) in [6.07, 6.45) is 10.3. The molecule has 28 heavy (non-hydrogen) atoms. The molecule has 1 saturated carbocycles. The van der Waals surface area contributed by atoms with Gasteiger partial charge in [-0.1, -0.05) is 12.8 Å². The van der Waals surface area contributed by atoms with Crippen molar-refractivity contribution >= 4 is 5.91 Å². The van der Waals surface area contributed by atoms with E-state index in [2.05, 4.69) is 14.9 Å². The molecule has 0 N–H and O–H groups in total. The maximum Gasteiger partial charge on any atom is 0.272 e. The van der Waals surface area contributed by atoms with Crippen LogP contribution in [0.3, 0.4) is 0 Å². The number of piperidine rings is 1. The van der Waals surface area contributed by atoms with Crippen LogP contribution >= 0.6 is 0 Å². The molecule has 1 aromatic rings. The van der Waals surface area contributed by atoms with E-state index in [0.29, 0.717) is 18.2 Å². The molecule has 6 nitrogen and oxygen atoms in total. The highest BCUT2D eigenvalue weighted by molar-refractivity contribution is 5.92. The van der Waals surface area contributed by atoms with Crippen molar-refractivity contribution in [3.8, 4) is 0 Å². The van der Waals surface area contributed by atoms with Crippen molar-refractivity contribution in [1.29, 1.82) is 0 Å². The number of carbonyl (C=O) groups is 1. The van der Waals surface area contributed by atoms with Crippen LogP contribution in [0.15, 0.2) is 6.07 Å². The zero-order valence-corrected chi connectivity index (χ0v) is 17.6. The lowest BCUT2D eigenvalue weighted by molar-refractivity contribution is 0.0421. The molecule has 2 saturated heterocycles. The summed E-state index contributed by atoms with van der Waals surface area (Å²) < 4.78 is 7.58. The quantitative estimate of drug-likeness (QED) is 0.752. The molecule has 0 unspecified atom stereocenters. The van der Waals surface area contributed by atoms with Crippen molar-refractivity contribution in [3.63, 3.8) is 0 Å². The van der Waals surface area contributed by atoms with Crippen LogP contribution in [0.1, 0.15) is 67.5 Å². The molecule has 0 radical (unpaired) electrons. The summed E-state index contributed by atoms with van der Waals surface area (Å²) in [6.45, 7) is 6.73. The predicted octanol–water partition coefficient (Wildman–Crippen LogP) is 3.00. The SMILES string of the molecule is Cc1cc(C(=O)N(CC2CCN(C3CCCC3)CC2)C[C@H]2CCCO2)n(C)n1. The molecule has 3 aliphatic rings. The minimum atomic E-state index is 0.108. The maximum absolute atomic E-state index is 13.3. The summed E-state index contributed by atoms with van der Waals surface area (Å²) in [7, 11) is 1.87. The summed E-state index contributed by atoms with van der Waals surface area (Å²) in [5, 5.41) is 4.38. The molecule has 1 amide bonds. The van der Waals surface area contributed by atoms with Crippen LogP contribution in [0.5, 0.6) is 0 Å². The van der Waals surface area contributed by atoms with Crippen molar-refractivity contribution in [2.24, 2.45) is 13.0 Å². The number of aryl methyl sites for hydroxylation is 2. The third kappa shape index (κ3) is 4.60. The van der Waals surface area contributed by atoms with Gasteiger partial charge in [-0.05, 0) is 70.5 Å². The Labute approximate surface area is 169 Å². The molecule has 0 bridgehead atoms. The smallest absolute Gasteiger partial charge is 0.272 e. The highest BCUT2D eigenvalue weighted by Gasteiger charge is 2.31. The molecule has 1 aliphatic carbocycles. The number of aromatic nitrogens is 2. The van der Waals surface area contributed by atoms with Gasteiger partial charge >= 0.3 is 0 Å². The Morgan fingerprint density at radius 2 is 1.89 bits per heavy atom. The molecule has 0 spiro atoms. The van der Waals surface area contributed by atoms with Crippen molar-refractivity contribution in [1.82, 2.24) is 19.6 Å². The van der Waals surface area contributed by atoms with E-state index in [1.54, 1.807) is 4.68 Å². The molecule has 156 valence electrons. The Balaban J connectivity index is 1.39. The summed E-state index contributed by atoms with van der Waals surface area (Å²) in [6, 6.07) is 2.73. The van der Waals surface area contributed by atoms with E-state index in [9.17, 15) is 4.79 Å². The zero-order valence-electron chi connectivity index (χ0n) is 17.6. The number of hydrogen-bond donors (Lipinski definition) is 0. The van der Waals surface area contributed by atoms with Crippen LogP contribution in [-0.4, -0.2) is 70.4 Å². The third-order valence-electron chi connectivity index (χ3n) is 6.93. The Kier molecular flexibility index (Phi) is 6.36. The van der Waals surface area contributed by atoms with Crippen molar-refractivity contribution < 1.29 is 9.53 Å². The number of nitrogens with zero attached hydrogens (tertiary/aromatic N) is 4. The lowest BCUT2D eigenvalue weighted by Crippen LogP contribution is -2.45. The Bertz CT molecular complexity index is 653. The second-order valence-electron chi connectivity index (χ2n) is 9.06. The van der Waals surface area contributed by atoms with Gasteiger partial charge < -0.3 is 14.5 Å². The van der Waals surface area contributed by atoms with Gasteiger partial charge in [0.05, 0.1) is 11.8 Å². The van der Waals surface area contributed by atoms with Gasteiger partial charge in [-0.25, -0.2) is 0 Å². The van der Waals surface area contributed by atoms with E-state index in [1.807, 2.05) is 20.0 Å². The van der Waals surface area contributed by atoms with Gasteiger partial charge in [0.2, 0.25) is 0 Å². The second kappa shape index (κ2) is 8.95. The van der Waals surface area contributed by atoms with Gasteiger partial charge in [0, 0.05) is 32.8 Å². The second-order valence-corrected chi connectivity index (χ2v) is 9.06. The van der Waals surface area contributed by atoms with Gasteiger partial charge in [0.15, 0.2) is 0 Å². The lowest BCUT2D eigenvalue weighted by Gasteiger charge is -2.38. The topological polar surface area (TPSA) is 50.6 Å². The first-order valence-electron chi connectivity index (χ1n) is 11.3. The monoisotopic (exact) mass is 388 g/mol. The fraction of sp³-hybridized carbons (Fsp3) is 0.818. The van der Waals surface area contributed by atoms with Crippen LogP contribution in [0.25, 0.3) is 0 Å². The Morgan fingerprint density at radius 1 is 1.14 bits per heavy atom. The molecule has 1 atom stereocenters. The Morgan fingerprint density at radius 3 is 2.50 bits per heavy atom. The average molecular weight is 389 g/mol. The van der Waals surface area contributed by atoms with Crippen LogP contribution in [0.2, 0.25) is 0 Å². The molecule has 6 heteroatoms. The summed E-state index contributed by atoms with van der Waals surface area (Å²) in [5.74, 6) is 0.703. The molecule has 1 aromatic heterocycles. The van der Waals surface area contributed by atoms with Gasteiger partial charge in [-0.3, -0.25) is 9.48 Å². The highest BCUT2D eigenvalue weighted by atomic mass is 16.5. The normalized spacial score (nSPS) is 24.9. The largest absolute Gasteiger partial charge is 0.376 e. The van der Waals surface area contributed by atoms with E-state index in [0.717, 1.165) is 37.7 Å². The maximum atomic E-state index is 13.3. The van der Waals surface area contributed by atoms with E-state index >= 15 is 0 Å². The van der Waals surface area contributed by atoms with E-state index in [-0.39, 0.29) is 12.0 Å². The molecular formula is C22H36N4O2. The van der Waals surface area contributed by atoms with Crippen LogP contribution in [-0.2, 0) is 11.8 Å². The number of likely N-dealkylation sites (tertiary alicyclic amines) is 1. The lowest BCUT2D eigenvalue weighted by atomic mass is 9.94. The van der Waals surface area contributed by atoms with Gasteiger partial charge in [-0.2, -0.15) is 5.10 Å². The molecule has 3 fully saturated rings. The van der Waals surface area contributed by atoms with Gasteiger partial charge in [0.1, 0.15) is 5.69 Å². The first-order valence-corrected chi connectivity index (χ1v) is 11.3. The number of hydrogen-bond acceptors (Lipinski definition) is 4. The average Bonchev–Trinajstić information content (AvgIpc) is 3.44. The van der Waals surface area contributed by atoms with Crippen LogP contribution in [0.4, 0.5) is 0 Å². The first-order chi connectivity index (χ1) is 13.6. The van der Waals surface area contributed by atoms with Gasteiger partial charge in [-0.15, -0.1) is 0 Å². The number of rotatable bonds is 6. The summed E-state index contributed by atoms with van der Waals surface area (Å²) in [4.78, 5) is 18.1. The first kappa shape index (κ1) is 19.9. The number of carbonyl (C=O) groups excluding carboxylic acids is 1. The van der Waals surface area contributed by atoms with Crippen LogP contribution in [0, 0.1) is 12.8 Å². The minimum absolute atomic E-state index is 0.108. The van der Waals surface area contributed by atoms with Crippen LogP contribution < -0.4 is 0 Å². The van der Waals surface area contributed by atoms with Crippen molar-refractivity contribution in [2.45, 2.75) is 70.4 Å². The van der Waals surface area contributed by atoms with E-state index < -0.39 is 0 Å². The minimum Gasteiger partial charge on any atom is -0.376 e. The van der Waals surface area contributed by atoms with Crippen molar-refractivity contribution in [3.05, 3.63) is 17.5 Å². The predicted molar refractivity (Wildman–Crippen MR) is 109 cm³/mol. The molecule has 2 aliphatic heterocycles. The molecular weight excluding hydrogens is 352 g/mol. The standard InChI is InChI=1S/C22H36N4O2/c1-17-14-21(24(2)23-17)22(27)26(16-20-8-5-13-28-20)15-18-9-11-25(12-10-18)19-6-3-4-7-19/h14,18-20H,3-13,15-16H2,1-2H3/t20-/m1/s1. The van der Waals surface area contributed by atoms with Crippen molar-refractivity contribution in [2.75, 3.05) is 32.8 Å². The number of amides is 1. The third-order valence-corrected chi connectivity index (χ3v) is 6.93. The van der Waals surface area contributed by atoms with E-state index in [4.69, 9.17) is 4.74 Å². The molecule has 3 heterocycles. The summed E-state index contributed by atoms with van der Waals surface area (Å²) in [5.41, 5.74) is 1.59. The van der Waals surface area contributed by atoms with E-state index in [1.165, 1.54) is 51.6 Å². The highest BCUT2D eigenvalue weighted by Crippen LogP contribution is 2.28. The molecule has 0 aromatic carbocycles.